The lowest BCUT2D eigenvalue weighted by Gasteiger charge is -2.03. The number of rotatable bonds is 8. The van der Waals surface area contributed by atoms with Gasteiger partial charge in [0.25, 0.3) is 0 Å². The number of aromatic nitrogens is 2. The maximum atomic E-state index is 4.11. The van der Waals surface area contributed by atoms with E-state index in [9.17, 15) is 0 Å². The molecular formula is C14H18N8. The largest absolute Gasteiger partial charge is 0.263 e. The van der Waals surface area contributed by atoms with Gasteiger partial charge in [-0.05, 0) is 30.7 Å². The van der Waals surface area contributed by atoms with E-state index in [2.05, 4.69) is 48.4 Å². The molecule has 0 saturated heterocycles. The van der Waals surface area contributed by atoms with Crippen LogP contribution in [0.3, 0.4) is 0 Å². The molecule has 8 nitrogen and oxygen atoms in total. The third-order valence-corrected chi connectivity index (χ3v) is 2.61. The lowest BCUT2D eigenvalue weighted by molar-refractivity contribution is 0.574. The molecule has 2 heterocycles. The lowest BCUT2D eigenvalue weighted by atomic mass is 10.3. The topological polar surface area (TPSA) is 99.3 Å². The molecule has 22 heavy (non-hydrogen) atoms. The zero-order valence-electron chi connectivity index (χ0n) is 12.3. The summed E-state index contributed by atoms with van der Waals surface area (Å²) in [5.74, 6) is 0. The van der Waals surface area contributed by atoms with Crippen LogP contribution in [0.15, 0.2) is 69.7 Å². The normalized spacial score (nSPS) is 12.6. The Kier molecular flexibility index (Phi) is 6.42. The first-order valence-electron chi connectivity index (χ1n) is 7.00. The van der Waals surface area contributed by atoms with Crippen molar-refractivity contribution < 1.29 is 0 Å². The Morgan fingerprint density at radius 1 is 0.955 bits per heavy atom. The molecule has 0 saturated carbocycles. The van der Waals surface area contributed by atoms with Crippen LogP contribution in [0.2, 0.25) is 0 Å². The number of hydrogen-bond acceptors (Lipinski definition) is 6. The standard InChI is InChI=1S/C14H18N8/c1-2-5-14(19-21-17-12-6-3-8-15-10-12)20-22-18-13-7-4-9-16-11-13/h3-4,6-11,14H,2,5H2,1H3,(H,17,19)(H,18,20). The molecule has 0 aliphatic rings. The third-order valence-electron chi connectivity index (χ3n) is 2.61. The predicted octanol–water partition coefficient (Wildman–Crippen LogP) is 3.86. The summed E-state index contributed by atoms with van der Waals surface area (Å²) in [5, 5.41) is 16.1. The van der Waals surface area contributed by atoms with Crippen LogP contribution in [0.1, 0.15) is 19.8 Å². The van der Waals surface area contributed by atoms with Crippen molar-refractivity contribution in [2.45, 2.75) is 25.9 Å². The van der Waals surface area contributed by atoms with Gasteiger partial charge in [-0.3, -0.25) is 20.8 Å². The number of pyridine rings is 2. The van der Waals surface area contributed by atoms with Crippen LogP contribution in [0, 0.1) is 0 Å². The highest BCUT2D eigenvalue weighted by molar-refractivity contribution is 5.38. The van der Waals surface area contributed by atoms with Crippen molar-refractivity contribution in [2.24, 2.45) is 20.7 Å². The highest BCUT2D eigenvalue weighted by atomic mass is 15.5. The summed E-state index contributed by atoms with van der Waals surface area (Å²) in [5.41, 5.74) is 7.15. The van der Waals surface area contributed by atoms with Crippen molar-refractivity contribution in [2.75, 3.05) is 10.9 Å². The van der Waals surface area contributed by atoms with Gasteiger partial charge in [0.05, 0.1) is 23.8 Å². The smallest absolute Gasteiger partial charge is 0.185 e. The van der Waals surface area contributed by atoms with E-state index in [1.165, 1.54) is 0 Å². The summed E-state index contributed by atoms with van der Waals surface area (Å²) in [6, 6.07) is 7.34. The van der Waals surface area contributed by atoms with Crippen LogP contribution < -0.4 is 10.9 Å². The molecule has 2 aromatic rings. The van der Waals surface area contributed by atoms with Crippen LogP contribution in [-0.4, -0.2) is 16.1 Å². The van der Waals surface area contributed by atoms with Crippen molar-refractivity contribution >= 4 is 11.4 Å². The molecule has 0 aliphatic carbocycles. The van der Waals surface area contributed by atoms with Crippen molar-refractivity contribution in [3.63, 3.8) is 0 Å². The molecule has 114 valence electrons. The minimum atomic E-state index is -0.335. The van der Waals surface area contributed by atoms with E-state index in [0.717, 1.165) is 24.2 Å². The van der Waals surface area contributed by atoms with Crippen molar-refractivity contribution in [1.82, 2.24) is 9.97 Å². The zero-order valence-corrected chi connectivity index (χ0v) is 12.3. The molecule has 0 amide bonds. The summed E-state index contributed by atoms with van der Waals surface area (Å²) in [7, 11) is 0. The number of anilines is 2. The van der Waals surface area contributed by atoms with Crippen LogP contribution >= 0.6 is 0 Å². The van der Waals surface area contributed by atoms with Crippen LogP contribution in [0.25, 0.3) is 0 Å². The fraction of sp³-hybridized carbons (Fsp3) is 0.286. The third kappa shape index (κ3) is 5.61. The monoisotopic (exact) mass is 298 g/mol. The maximum absolute atomic E-state index is 4.11. The molecule has 0 atom stereocenters. The first-order chi connectivity index (χ1) is 10.9. The first-order valence-corrected chi connectivity index (χ1v) is 7.00. The van der Waals surface area contributed by atoms with E-state index in [-0.39, 0.29) is 6.17 Å². The van der Waals surface area contributed by atoms with Crippen molar-refractivity contribution in [3.8, 4) is 0 Å². The molecule has 0 fully saturated rings. The van der Waals surface area contributed by atoms with Gasteiger partial charge in [0.1, 0.15) is 0 Å². The zero-order chi connectivity index (χ0) is 15.5. The van der Waals surface area contributed by atoms with Gasteiger partial charge in [-0.15, -0.1) is 10.2 Å². The molecule has 0 radical (unpaired) electrons. The van der Waals surface area contributed by atoms with Gasteiger partial charge in [-0.2, -0.15) is 0 Å². The summed E-state index contributed by atoms with van der Waals surface area (Å²) >= 11 is 0. The second kappa shape index (κ2) is 9.11. The molecule has 0 aliphatic heterocycles. The van der Waals surface area contributed by atoms with Crippen molar-refractivity contribution in [1.29, 1.82) is 0 Å². The highest BCUT2D eigenvalue weighted by Gasteiger charge is 2.03. The Hall–Kier alpha value is -2.90. The predicted molar refractivity (Wildman–Crippen MR) is 84.1 cm³/mol. The van der Waals surface area contributed by atoms with E-state index in [0.29, 0.717) is 0 Å². The average Bonchev–Trinajstić information content (AvgIpc) is 2.57. The summed E-state index contributed by atoms with van der Waals surface area (Å²) in [4.78, 5) is 7.96. The number of hydrogen-bond donors (Lipinski definition) is 2. The Morgan fingerprint density at radius 2 is 1.50 bits per heavy atom. The number of nitrogens with zero attached hydrogens (tertiary/aromatic N) is 6. The molecule has 8 heteroatoms. The molecular weight excluding hydrogens is 280 g/mol. The highest BCUT2D eigenvalue weighted by Crippen LogP contribution is 2.08. The molecule has 2 N–H and O–H groups in total. The van der Waals surface area contributed by atoms with Gasteiger partial charge in [0.15, 0.2) is 6.17 Å². The molecule has 0 unspecified atom stereocenters. The molecule has 0 aromatic carbocycles. The van der Waals surface area contributed by atoms with Gasteiger partial charge in [0.2, 0.25) is 0 Å². The van der Waals surface area contributed by atoms with Gasteiger partial charge in [-0.25, -0.2) is 0 Å². The molecule has 0 spiro atoms. The van der Waals surface area contributed by atoms with E-state index in [4.69, 9.17) is 0 Å². The Morgan fingerprint density at radius 3 is 1.91 bits per heavy atom. The van der Waals surface area contributed by atoms with Crippen molar-refractivity contribution in [3.05, 3.63) is 49.1 Å². The van der Waals surface area contributed by atoms with E-state index in [1.54, 1.807) is 24.8 Å². The van der Waals surface area contributed by atoms with Crippen LogP contribution in [0.4, 0.5) is 11.4 Å². The Balaban J connectivity index is 1.86. The second-order valence-electron chi connectivity index (χ2n) is 4.41. The minimum absolute atomic E-state index is 0.335. The molecule has 2 aromatic heterocycles. The van der Waals surface area contributed by atoms with Crippen LogP contribution in [0.5, 0.6) is 0 Å². The second-order valence-corrected chi connectivity index (χ2v) is 4.41. The summed E-state index contributed by atoms with van der Waals surface area (Å²) in [6.07, 6.45) is 8.08. The molecule has 0 bridgehead atoms. The summed E-state index contributed by atoms with van der Waals surface area (Å²) in [6.45, 7) is 2.06. The van der Waals surface area contributed by atoms with Gasteiger partial charge >= 0.3 is 0 Å². The SMILES string of the molecule is CCCC(N=NNc1cccnc1)N=NNc1cccnc1. The fourth-order valence-corrected chi connectivity index (χ4v) is 1.56. The minimum Gasteiger partial charge on any atom is -0.263 e. The number of nitrogens with one attached hydrogen (secondary N) is 2. The van der Waals surface area contributed by atoms with Gasteiger partial charge in [-0.1, -0.05) is 23.8 Å². The van der Waals surface area contributed by atoms with Gasteiger partial charge in [0, 0.05) is 12.4 Å². The first kappa shape index (κ1) is 15.5. The van der Waals surface area contributed by atoms with E-state index >= 15 is 0 Å². The van der Waals surface area contributed by atoms with E-state index in [1.807, 2.05) is 24.3 Å². The Labute approximate surface area is 128 Å². The lowest BCUT2D eigenvalue weighted by Crippen LogP contribution is -2.01. The van der Waals surface area contributed by atoms with Gasteiger partial charge < -0.3 is 0 Å². The van der Waals surface area contributed by atoms with Crippen LogP contribution in [-0.2, 0) is 0 Å². The fourth-order valence-electron chi connectivity index (χ4n) is 1.56. The molecule has 2 rings (SSSR count). The summed E-state index contributed by atoms with van der Waals surface area (Å²) < 4.78 is 0. The Bertz CT molecular complexity index is 533. The quantitative estimate of drug-likeness (QED) is 0.571. The average molecular weight is 298 g/mol. The van der Waals surface area contributed by atoms with E-state index < -0.39 is 0 Å². The maximum Gasteiger partial charge on any atom is 0.185 e.